The molecule has 2 aromatic rings. The number of hydrogen-bond donors (Lipinski definition) is 0. The summed E-state index contributed by atoms with van der Waals surface area (Å²) < 4.78 is 5.25. The Labute approximate surface area is 88.8 Å². The molecular formula is C12H12N2O. The zero-order chi connectivity index (χ0) is 10.7. The van der Waals surface area contributed by atoms with Gasteiger partial charge in [-0.3, -0.25) is 4.98 Å². The molecule has 15 heavy (non-hydrogen) atoms. The van der Waals surface area contributed by atoms with Gasteiger partial charge in [0.25, 0.3) is 0 Å². The minimum absolute atomic E-state index is 0.654. The van der Waals surface area contributed by atoms with Crippen molar-refractivity contribution in [2.75, 3.05) is 7.11 Å². The fraction of sp³-hybridized carbons (Fsp3) is 0.167. The topological polar surface area (TPSA) is 35.0 Å². The molecule has 76 valence electrons. The molecule has 0 N–H and O–H groups in total. The highest BCUT2D eigenvalue weighted by atomic mass is 16.5. The van der Waals surface area contributed by atoms with Gasteiger partial charge in [-0.1, -0.05) is 0 Å². The van der Waals surface area contributed by atoms with Crippen molar-refractivity contribution in [2.45, 2.75) is 6.92 Å². The standard InChI is InChI=1S/C12H12N2O/c1-9-3-4-11(12(14-9)15-2)10-5-7-13-8-6-10/h3-8H,1-2H3. The van der Waals surface area contributed by atoms with Crippen LogP contribution >= 0.6 is 0 Å². The van der Waals surface area contributed by atoms with Crippen LogP contribution in [-0.4, -0.2) is 17.1 Å². The van der Waals surface area contributed by atoms with Crippen molar-refractivity contribution < 1.29 is 4.74 Å². The van der Waals surface area contributed by atoms with Crippen LogP contribution in [-0.2, 0) is 0 Å². The summed E-state index contributed by atoms with van der Waals surface area (Å²) in [4.78, 5) is 8.31. The molecule has 2 rings (SSSR count). The van der Waals surface area contributed by atoms with E-state index in [1.54, 1.807) is 19.5 Å². The van der Waals surface area contributed by atoms with E-state index >= 15 is 0 Å². The van der Waals surface area contributed by atoms with Gasteiger partial charge >= 0.3 is 0 Å². The molecule has 3 heteroatoms. The number of nitrogens with zero attached hydrogens (tertiary/aromatic N) is 2. The number of methoxy groups -OCH3 is 1. The van der Waals surface area contributed by atoms with Crippen LogP contribution in [0.4, 0.5) is 0 Å². The zero-order valence-electron chi connectivity index (χ0n) is 8.77. The maximum atomic E-state index is 5.25. The van der Waals surface area contributed by atoms with Crippen molar-refractivity contribution in [3.05, 3.63) is 42.4 Å². The Hall–Kier alpha value is -1.90. The van der Waals surface area contributed by atoms with E-state index in [9.17, 15) is 0 Å². The van der Waals surface area contributed by atoms with Gasteiger partial charge in [-0.15, -0.1) is 0 Å². The minimum Gasteiger partial charge on any atom is -0.481 e. The van der Waals surface area contributed by atoms with E-state index in [1.165, 1.54) is 0 Å². The van der Waals surface area contributed by atoms with Crippen LogP contribution < -0.4 is 4.74 Å². The molecule has 0 saturated heterocycles. The number of hydrogen-bond acceptors (Lipinski definition) is 3. The number of pyridine rings is 2. The lowest BCUT2D eigenvalue weighted by Gasteiger charge is -2.07. The molecule has 3 nitrogen and oxygen atoms in total. The van der Waals surface area contributed by atoms with E-state index in [-0.39, 0.29) is 0 Å². The lowest BCUT2D eigenvalue weighted by molar-refractivity contribution is 0.399. The van der Waals surface area contributed by atoms with E-state index in [0.29, 0.717) is 5.88 Å². The Morgan fingerprint density at radius 1 is 1.07 bits per heavy atom. The molecule has 0 amide bonds. The molecule has 0 spiro atoms. The van der Waals surface area contributed by atoms with Gasteiger partial charge in [0.15, 0.2) is 0 Å². The highest BCUT2D eigenvalue weighted by Gasteiger charge is 2.06. The van der Waals surface area contributed by atoms with Gasteiger partial charge in [-0.2, -0.15) is 0 Å². The Kier molecular flexibility index (Phi) is 2.63. The second kappa shape index (κ2) is 4.09. The monoisotopic (exact) mass is 200 g/mol. The van der Waals surface area contributed by atoms with Crippen molar-refractivity contribution in [1.82, 2.24) is 9.97 Å². The van der Waals surface area contributed by atoms with Gasteiger partial charge < -0.3 is 4.74 Å². The first-order valence-corrected chi connectivity index (χ1v) is 4.73. The van der Waals surface area contributed by atoms with Crippen LogP contribution in [0, 0.1) is 6.92 Å². The second-order valence-corrected chi connectivity index (χ2v) is 3.25. The molecule has 0 aliphatic heterocycles. The fourth-order valence-corrected chi connectivity index (χ4v) is 1.44. The highest BCUT2D eigenvalue weighted by Crippen LogP contribution is 2.27. The molecule has 2 heterocycles. The molecule has 0 atom stereocenters. The quantitative estimate of drug-likeness (QED) is 0.747. The summed E-state index contributed by atoms with van der Waals surface area (Å²) in [7, 11) is 1.63. The van der Waals surface area contributed by atoms with E-state index < -0.39 is 0 Å². The molecule has 0 bridgehead atoms. The summed E-state index contributed by atoms with van der Waals surface area (Å²) in [5.74, 6) is 0.654. The molecular weight excluding hydrogens is 188 g/mol. The zero-order valence-corrected chi connectivity index (χ0v) is 8.77. The summed E-state index contributed by atoms with van der Waals surface area (Å²) in [5, 5.41) is 0. The summed E-state index contributed by atoms with van der Waals surface area (Å²) in [6.07, 6.45) is 3.52. The van der Waals surface area contributed by atoms with Gasteiger partial charge in [0, 0.05) is 23.7 Å². The third kappa shape index (κ3) is 1.96. The molecule has 0 saturated carbocycles. The van der Waals surface area contributed by atoms with Crippen LogP contribution in [0.25, 0.3) is 11.1 Å². The Balaban J connectivity index is 2.53. The SMILES string of the molecule is COc1nc(C)ccc1-c1ccncc1. The third-order valence-corrected chi connectivity index (χ3v) is 2.18. The van der Waals surface area contributed by atoms with E-state index in [2.05, 4.69) is 9.97 Å². The summed E-state index contributed by atoms with van der Waals surface area (Å²) in [6.45, 7) is 1.94. The van der Waals surface area contributed by atoms with Crippen molar-refractivity contribution in [1.29, 1.82) is 0 Å². The van der Waals surface area contributed by atoms with Crippen LogP contribution in [0.1, 0.15) is 5.69 Å². The maximum absolute atomic E-state index is 5.25. The largest absolute Gasteiger partial charge is 0.481 e. The molecule has 0 aliphatic rings. The molecule has 0 aliphatic carbocycles. The average Bonchev–Trinajstić information content (AvgIpc) is 2.30. The van der Waals surface area contributed by atoms with Gasteiger partial charge in [0.1, 0.15) is 0 Å². The van der Waals surface area contributed by atoms with E-state index in [1.807, 2.05) is 31.2 Å². The Bertz CT molecular complexity index is 454. The smallest absolute Gasteiger partial charge is 0.221 e. The van der Waals surface area contributed by atoms with Gasteiger partial charge in [0.05, 0.1) is 7.11 Å². The van der Waals surface area contributed by atoms with Crippen LogP contribution in [0.2, 0.25) is 0 Å². The van der Waals surface area contributed by atoms with Gasteiger partial charge in [0.2, 0.25) is 5.88 Å². The molecule has 0 unspecified atom stereocenters. The van der Waals surface area contributed by atoms with E-state index in [0.717, 1.165) is 16.8 Å². The molecule has 0 radical (unpaired) electrons. The second-order valence-electron chi connectivity index (χ2n) is 3.25. The van der Waals surface area contributed by atoms with Crippen molar-refractivity contribution >= 4 is 0 Å². The Morgan fingerprint density at radius 3 is 2.47 bits per heavy atom. The minimum atomic E-state index is 0.654. The summed E-state index contributed by atoms with van der Waals surface area (Å²) in [5.41, 5.74) is 3.00. The molecule has 2 aromatic heterocycles. The van der Waals surface area contributed by atoms with Crippen molar-refractivity contribution in [3.8, 4) is 17.0 Å². The van der Waals surface area contributed by atoms with Crippen molar-refractivity contribution in [2.24, 2.45) is 0 Å². The third-order valence-electron chi connectivity index (χ3n) is 2.18. The lowest BCUT2D eigenvalue weighted by atomic mass is 10.1. The van der Waals surface area contributed by atoms with Gasteiger partial charge in [-0.05, 0) is 36.8 Å². The van der Waals surface area contributed by atoms with Crippen LogP contribution in [0.15, 0.2) is 36.7 Å². The van der Waals surface area contributed by atoms with Crippen LogP contribution in [0.3, 0.4) is 0 Å². The predicted octanol–water partition coefficient (Wildman–Crippen LogP) is 2.46. The average molecular weight is 200 g/mol. The first-order chi connectivity index (χ1) is 7.31. The number of ether oxygens (including phenoxy) is 1. The Morgan fingerprint density at radius 2 is 1.80 bits per heavy atom. The summed E-state index contributed by atoms with van der Waals surface area (Å²) >= 11 is 0. The molecule has 0 aromatic carbocycles. The van der Waals surface area contributed by atoms with Gasteiger partial charge in [-0.25, -0.2) is 4.98 Å². The fourth-order valence-electron chi connectivity index (χ4n) is 1.44. The molecule has 0 fully saturated rings. The number of aryl methyl sites for hydroxylation is 1. The number of aromatic nitrogens is 2. The van der Waals surface area contributed by atoms with E-state index in [4.69, 9.17) is 4.74 Å². The van der Waals surface area contributed by atoms with Crippen LogP contribution in [0.5, 0.6) is 5.88 Å². The summed E-state index contributed by atoms with van der Waals surface area (Å²) in [6, 6.07) is 7.86. The lowest BCUT2D eigenvalue weighted by Crippen LogP contribution is -1.93. The van der Waals surface area contributed by atoms with Crippen molar-refractivity contribution in [3.63, 3.8) is 0 Å². The first kappa shape index (κ1) is 9.65. The first-order valence-electron chi connectivity index (χ1n) is 4.73. The number of rotatable bonds is 2. The predicted molar refractivity (Wildman–Crippen MR) is 58.8 cm³/mol. The highest BCUT2D eigenvalue weighted by molar-refractivity contribution is 5.68. The normalized spacial score (nSPS) is 10.0. The maximum Gasteiger partial charge on any atom is 0.221 e.